The molecule has 0 saturated heterocycles. The Morgan fingerprint density at radius 1 is 1.50 bits per heavy atom. The van der Waals surface area contributed by atoms with Crippen LogP contribution in [-0.4, -0.2) is 18.1 Å². The van der Waals surface area contributed by atoms with E-state index in [1.807, 2.05) is 6.07 Å². The van der Waals surface area contributed by atoms with Crippen LogP contribution >= 0.6 is 0 Å². The minimum Gasteiger partial charge on any atom is -0.397 e. The summed E-state index contributed by atoms with van der Waals surface area (Å²) in [6.45, 7) is 9.79. The molecule has 0 aromatic carbocycles. The van der Waals surface area contributed by atoms with Crippen molar-refractivity contribution in [1.29, 1.82) is 0 Å². The number of anilines is 2. The molecule has 0 aliphatic carbocycles. The lowest BCUT2D eigenvalue weighted by atomic mass is 10.2. The molecule has 0 spiro atoms. The second-order valence-corrected chi connectivity index (χ2v) is 3.01. The maximum Gasteiger partial charge on any atom is 0.0878 e. The Morgan fingerprint density at radius 2 is 2.14 bits per heavy atom. The first-order valence-electron chi connectivity index (χ1n) is 4.86. The highest BCUT2D eigenvalue weighted by Crippen LogP contribution is 2.26. The average molecular weight is 191 g/mol. The number of aromatic nitrogens is 1. The van der Waals surface area contributed by atoms with Gasteiger partial charge in [-0.05, 0) is 26.0 Å². The average Bonchev–Trinajstić information content (AvgIpc) is 2.22. The lowest BCUT2D eigenvalue weighted by Gasteiger charge is -2.24. The number of nitrogens with two attached hydrogens (primary N) is 1. The van der Waals surface area contributed by atoms with Crippen LogP contribution in [0, 0.1) is 0 Å². The SMILES string of the molecule is C=Cc1nccc(N)c1N(CC)CC. The van der Waals surface area contributed by atoms with E-state index in [1.165, 1.54) is 0 Å². The Balaban J connectivity index is 3.21. The second-order valence-electron chi connectivity index (χ2n) is 3.01. The van der Waals surface area contributed by atoms with Gasteiger partial charge in [0, 0.05) is 19.3 Å². The van der Waals surface area contributed by atoms with E-state index in [1.54, 1.807) is 12.3 Å². The van der Waals surface area contributed by atoms with Crippen molar-refractivity contribution in [2.24, 2.45) is 0 Å². The molecule has 1 aromatic rings. The zero-order chi connectivity index (χ0) is 10.6. The molecule has 0 amide bonds. The summed E-state index contributed by atoms with van der Waals surface area (Å²) in [5, 5.41) is 0. The number of nitrogens with zero attached hydrogens (tertiary/aromatic N) is 2. The first-order valence-corrected chi connectivity index (χ1v) is 4.86. The summed E-state index contributed by atoms with van der Waals surface area (Å²) >= 11 is 0. The molecule has 1 aromatic heterocycles. The fraction of sp³-hybridized carbons (Fsp3) is 0.364. The predicted molar refractivity (Wildman–Crippen MR) is 62.3 cm³/mol. The van der Waals surface area contributed by atoms with Gasteiger partial charge in [-0.2, -0.15) is 0 Å². The van der Waals surface area contributed by atoms with Gasteiger partial charge in [0.25, 0.3) is 0 Å². The lowest BCUT2D eigenvalue weighted by Crippen LogP contribution is -2.24. The van der Waals surface area contributed by atoms with Gasteiger partial charge in [0.15, 0.2) is 0 Å². The summed E-state index contributed by atoms with van der Waals surface area (Å²) < 4.78 is 0. The molecule has 0 aliphatic heterocycles. The van der Waals surface area contributed by atoms with Crippen molar-refractivity contribution >= 4 is 17.5 Å². The van der Waals surface area contributed by atoms with Crippen LogP contribution in [0.1, 0.15) is 19.5 Å². The second kappa shape index (κ2) is 4.65. The van der Waals surface area contributed by atoms with Gasteiger partial charge in [-0.25, -0.2) is 0 Å². The van der Waals surface area contributed by atoms with Gasteiger partial charge in [0.05, 0.1) is 17.1 Å². The van der Waals surface area contributed by atoms with Crippen molar-refractivity contribution in [1.82, 2.24) is 4.98 Å². The van der Waals surface area contributed by atoms with E-state index in [-0.39, 0.29) is 0 Å². The van der Waals surface area contributed by atoms with Gasteiger partial charge < -0.3 is 10.6 Å². The fourth-order valence-electron chi connectivity index (χ4n) is 1.52. The molecule has 0 saturated carbocycles. The quantitative estimate of drug-likeness (QED) is 0.793. The first kappa shape index (κ1) is 10.6. The number of rotatable bonds is 4. The summed E-state index contributed by atoms with van der Waals surface area (Å²) in [5.41, 5.74) is 8.53. The van der Waals surface area contributed by atoms with Crippen LogP contribution in [0.25, 0.3) is 6.08 Å². The van der Waals surface area contributed by atoms with Crippen molar-refractivity contribution in [3.63, 3.8) is 0 Å². The van der Waals surface area contributed by atoms with Gasteiger partial charge in [0.2, 0.25) is 0 Å². The van der Waals surface area contributed by atoms with E-state index in [0.717, 1.165) is 30.2 Å². The largest absolute Gasteiger partial charge is 0.397 e. The van der Waals surface area contributed by atoms with E-state index in [0.29, 0.717) is 0 Å². The molecule has 0 bridgehead atoms. The Hall–Kier alpha value is -1.51. The maximum absolute atomic E-state index is 5.92. The summed E-state index contributed by atoms with van der Waals surface area (Å²) in [6.07, 6.45) is 3.45. The van der Waals surface area contributed by atoms with Crippen molar-refractivity contribution in [2.45, 2.75) is 13.8 Å². The third kappa shape index (κ3) is 1.87. The third-order valence-electron chi connectivity index (χ3n) is 2.26. The molecule has 14 heavy (non-hydrogen) atoms. The summed E-state index contributed by atoms with van der Waals surface area (Å²) in [5.74, 6) is 0. The van der Waals surface area contributed by atoms with Gasteiger partial charge in [-0.3, -0.25) is 4.98 Å². The van der Waals surface area contributed by atoms with E-state index >= 15 is 0 Å². The van der Waals surface area contributed by atoms with Crippen LogP contribution in [0.4, 0.5) is 11.4 Å². The van der Waals surface area contributed by atoms with Crippen molar-refractivity contribution < 1.29 is 0 Å². The highest BCUT2D eigenvalue weighted by molar-refractivity contribution is 5.76. The maximum atomic E-state index is 5.92. The standard InChI is InChI=1S/C11H17N3/c1-4-10-11(14(5-2)6-3)9(12)7-8-13-10/h4,7-8H,1,5-6H2,2-3H3,(H2,12,13). The third-order valence-corrected chi connectivity index (χ3v) is 2.26. The molecule has 0 fully saturated rings. The van der Waals surface area contributed by atoms with Crippen LogP contribution in [0.2, 0.25) is 0 Å². The molecule has 0 aliphatic rings. The van der Waals surface area contributed by atoms with Gasteiger partial charge in [-0.15, -0.1) is 0 Å². The lowest BCUT2D eigenvalue weighted by molar-refractivity contribution is 0.862. The Bertz CT molecular complexity index is 316. The summed E-state index contributed by atoms with van der Waals surface area (Å²) in [7, 11) is 0. The predicted octanol–water partition coefficient (Wildman–Crippen LogP) is 2.15. The van der Waals surface area contributed by atoms with Crippen LogP contribution in [0.5, 0.6) is 0 Å². The van der Waals surface area contributed by atoms with E-state index in [4.69, 9.17) is 5.73 Å². The Kier molecular flexibility index (Phi) is 3.51. The van der Waals surface area contributed by atoms with Crippen molar-refractivity contribution in [3.8, 4) is 0 Å². The molecule has 3 nitrogen and oxygen atoms in total. The van der Waals surface area contributed by atoms with E-state index < -0.39 is 0 Å². The van der Waals surface area contributed by atoms with Crippen LogP contribution in [-0.2, 0) is 0 Å². The topological polar surface area (TPSA) is 42.1 Å². The molecular weight excluding hydrogens is 174 g/mol. The number of nitrogen functional groups attached to an aromatic ring is 1. The summed E-state index contributed by atoms with van der Waals surface area (Å²) in [6, 6.07) is 1.82. The molecule has 1 rings (SSSR count). The molecule has 0 radical (unpaired) electrons. The number of hydrogen-bond donors (Lipinski definition) is 1. The molecule has 3 heteroatoms. The van der Waals surface area contributed by atoms with Crippen LogP contribution in [0.15, 0.2) is 18.8 Å². The fourth-order valence-corrected chi connectivity index (χ4v) is 1.52. The van der Waals surface area contributed by atoms with Gasteiger partial charge >= 0.3 is 0 Å². The number of pyridine rings is 1. The molecule has 0 atom stereocenters. The molecular formula is C11H17N3. The Labute approximate surface area is 85.3 Å². The number of hydrogen-bond acceptors (Lipinski definition) is 3. The van der Waals surface area contributed by atoms with Crippen molar-refractivity contribution in [2.75, 3.05) is 23.7 Å². The summed E-state index contributed by atoms with van der Waals surface area (Å²) in [4.78, 5) is 6.42. The molecule has 2 N–H and O–H groups in total. The van der Waals surface area contributed by atoms with Crippen LogP contribution in [0.3, 0.4) is 0 Å². The van der Waals surface area contributed by atoms with Gasteiger partial charge in [0.1, 0.15) is 0 Å². The normalized spacial score (nSPS) is 9.86. The molecule has 0 unspecified atom stereocenters. The molecule has 1 heterocycles. The van der Waals surface area contributed by atoms with Gasteiger partial charge in [-0.1, -0.05) is 6.58 Å². The van der Waals surface area contributed by atoms with E-state index in [2.05, 4.69) is 30.3 Å². The molecule has 76 valence electrons. The van der Waals surface area contributed by atoms with E-state index in [9.17, 15) is 0 Å². The minimum atomic E-state index is 0.763. The zero-order valence-electron chi connectivity index (χ0n) is 8.83. The van der Waals surface area contributed by atoms with Crippen molar-refractivity contribution in [3.05, 3.63) is 24.5 Å². The highest BCUT2D eigenvalue weighted by atomic mass is 15.1. The highest BCUT2D eigenvalue weighted by Gasteiger charge is 2.10. The minimum absolute atomic E-state index is 0.763. The first-order chi connectivity index (χ1) is 6.74. The smallest absolute Gasteiger partial charge is 0.0878 e. The Morgan fingerprint density at radius 3 is 2.64 bits per heavy atom. The zero-order valence-corrected chi connectivity index (χ0v) is 8.83. The van der Waals surface area contributed by atoms with Crippen LogP contribution < -0.4 is 10.6 Å². The monoisotopic (exact) mass is 191 g/mol.